The quantitative estimate of drug-likeness (QED) is 0.181. The second kappa shape index (κ2) is 11.6. The summed E-state index contributed by atoms with van der Waals surface area (Å²) < 4.78 is 7.39. The summed E-state index contributed by atoms with van der Waals surface area (Å²) in [6.07, 6.45) is 0. The summed E-state index contributed by atoms with van der Waals surface area (Å²) in [7, 11) is 0. The smallest absolute Gasteiger partial charge is 0.238 e. The molecule has 0 fully saturated rings. The van der Waals surface area contributed by atoms with Gasteiger partial charge in [-0.2, -0.15) is 9.97 Å². The molecule has 5 heterocycles. The van der Waals surface area contributed by atoms with E-state index in [4.69, 9.17) is 15.0 Å². The van der Waals surface area contributed by atoms with Crippen LogP contribution in [0.3, 0.4) is 0 Å². The van der Waals surface area contributed by atoms with Crippen LogP contribution in [0.25, 0.3) is 120 Å². The second-order valence-corrected chi connectivity index (χ2v) is 15.8. The lowest BCUT2D eigenvalue weighted by Gasteiger charge is -2.11. The zero-order valence-electron chi connectivity index (χ0n) is 30.4. The molecule has 0 atom stereocenters. The molecule has 5 nitrogen and oxygen atoms in total. The molecule has 0 spiro atoms. The Morgan fingerprint density at radius 2 is 0.895 bits per heavy atom. The van der Waals surface area contributed by atoms with Gasteiger partial charge in [-0.15, -0.1) is 11.3 Å². The molecule has 0 aliphatic rings. The second-order valence-electron chi connectivity index (χ2n) is 14.7. The van der Waals surface area contributed by atoms with E-state index >= 15 is 0 Å². The van der Waals surface area contributed by atoms with Crippen molar-refractivity contribution in [3.8, 4) is 28.7 Å². The van der Waals surface area contributed by atoms with Gasteiger partial charge in [0.15, 0.2) is 11.6 Å². The molecule has 5 aromatic heterocycles. The standard InChI is InChI=1S/C51H29N5S/c1-3-14-30(15-4-1)49-52-50(31-16-5-2-6-17-31)54-51(53-49)56-40-24-12-10-21-35(40)37-26-28-41-44(47(37)56)38-27-29-43-46-45-36(22-13-25-42(45)57-43)33-19-8-7-18-32(33)34-20-9-11-23-39(34)55(41)48(38)46/h1-29H. The van der Waals surface area contributed by atoms with E-state index in [0.717, 1.165) is 44.0 Å². The van der Waals surface area contributed by atoms with Crippen LogP contribution in [0.4, 0.5) is 0 Å². The summed E-state index contributed by atoms with van der Waals surface area (Å²) in [5.74, 6) is 1.85. The summed E-state index contributed by atoms with van der Waals surface area (Å²) in [6, 6.07) is 63.0. The Kier molecular flexibility index (Phi) is 6.26. The van der Waals surface area contributed by atoms with Crippen molar-refractivity contribution in [3.63, 3.8) is 0 Å². The van der Waals surface area contributed by atoms with Gasteiger partial charge >= 0.3 is 0 Å². The van der Waals surface area contributed by atoms with Gasteiger partial charge in [0.1, 0.15) is 0 Å². The zero-order valence-corrected chi connectivity index (χ0v) is 31.2. The van der Waals surface area contributed by atoms with Gasteiger partial charge in [0.25, 0.3) is 0 Å². The van der Waals surface area contributed by atoms with E-state index in [1.165, 1.54) is 58.0 Å². The highest BCUT2D eigenvalue weighted by atomic mass is 32.1. The SMILES string of the molecule is c1ccc(-c2nc(-c3ccccc3)nc(-n3c4ccccc4c4ccc5c(c6ccc7sc8cccc9c%10ccccc%10c%10ccccc%10n5c6c7c89)c43)n2)cc1. The van der Waals surface area contributed by atoms with Crippen LogP contribution in [0.1, 0.15) is 0 Å². The van der Waals surface area contributed by atoms with Crippen LogP contribution in [0, 0.1) is 0 Å². The molecule has 57 heavy (non-hydrogen) atoms. The van der Waals surface area contributed by atoms with E-state index in [1.54, 1.807) is 0 Å². The van der Waals surface area contributed by atoms with E-state index in [9.17, 15) is 0 Å². The number of benzene rings is 8. The Bertz CT molecular complexity index is 3730. The predicted molar refractivity (Wildman–Crippen MR) is 239 cm³/mol. The zero-order chi connectivity index (χ0) is 37.2. The maximum atomic E-state index is 5.30. The molecule has 0 saturated carbocycles. The topological polar surface area (TPSA) is 48.0 Å². The molecule has 0 N–H and O–H groups in total. The van der Waals surface area contributed by atoms with Crippen molar-refractivity contribution in [3.05, 3.63) is 176 Å². The van der Waals surface area contributed by atoms with Crippen LogP contribution in [0.2, 0.25) is 0 Å². The summed E-state index contributed by atoms with van der Waals surface area (Å²) in [4.78, 5) is 15.7. The monoisotopic (exact) mass is 743 g/mol. The highest BCUT2D eigenvalue weighted by Gasteiger charge is 2.25. The number of nitrogens with zero attached hydrogens (tertiary/aromatic N) is 5. The molecule has 6 heteroatoms. The van der Waals surface area contributed by atoms with Gasteiger partial charge in [-0.25, -0.2) is 4.98 Å². The van der Waals surface area contributed by atoms with E-state index in [-0.39, 0.29) is 0 Å². The highest BCUT2D eigenvalue weighted by Crippen LogP contribution is 2.48. The summed E-state index contributed by atoms with van der Waals surface area (Å²) in [5.41, 5.74) is 7.52. The van der Waals surface area contributed by atoms with Crippen molar-refractivity contribution in [1.82, 2.24) is 23.9 Å². The van der Waals surface area contributed by atoms with Crippen LogP contribution in [-0.4, -0.2) is 23.9 Å². The fourth-order valence-electron chi connectivity index (χ4n) is 9.37. The number of thiophene rings is 1. The van der Waals surface area contributed by atoms with Crippen LogP contribution in [0.5, 0.6) is 0 Å². The number of aromatic nitrogens is 5. The lowest BCUT2D eigenvalue weighted by molar-refractivity contribution is 0.955. The minimum absolute atomic E-state index is 0.585. The van der Waals surface area contributed by atoms with Crippen molar-refractivity contribution in [2.45, 2.75) is 0 Å². The predicted octanol–water partition coefficient (Wildman–Crippen LogP) is 13.5. The maximum absolute atomic E-state index is 5.30. The van der Waals surface area contributed by atoms with Crippen molar-refractivity contribution >= 4 is 102 Å². The number of rotatable bonds is 3. The minimum atomic E-state index is 0.585. The molecular formula is C51H29N5S. The maximum Gasteiger partial charge on any atom is 0.238 e. The lowest BCUT2D eigenvalue weighted by atomic mass is 10.0. The van der Waals surface area contributed by atoms with E-state index in [2.05, 4.69) is 148 Å². The Morgan fingerprint density at radius 1 is 0.333 bits per heavy atom. The molecule has 0 aliphatic carbocycles. The molecule has 8 aromatic carbocycles. The Hall–Kier alpha value is -7.41. The molecule has 0 saturated heterocycles. The first-order valence-corrected chi connectivity index (χ1v) is 20.0. The lowest BCUT2D eigenvalue weighted by Crippen LogP contribution is -2.06. The third-order valence-corrected chi connectivity index (χ3v) is 12.8. The molecule has 0 radical (unpaired) electrons. The van der Waals surface area contributed by atoms with Crippen molar-refractivity contribution in [1.29, 1.82) is 0 Å². The van der Waals surface area contributed by atoms with Gasteiger partial charge in [-0.3, -0.25) is 4.57 Å². The molecule has 13 aromatic rings. The van der Waals surface area contributed by atoms with Gasteiger partial charge in [0.05, 0.1) is 27.6 Å². The summed E-state index contributed by atoms with van der Waals surface area (Å²) in [5, 5.41) is 12.2. The van der Waals surface area contributed by atoms with Crippen LogP contribution in [0.15, 0.2) is 176 Å². The molecule has 0 bridgehead atoms. The van der Waals surface area contributed by atoms with E-state index < -0.39 is 0 Å². The van der Waals surface area contributed by atoms with Crippen LogP contribution >= 0.6 is 11.3 Å². The first-order chi connectivity index (χ1) is 28.3. The van der Waals surface area contributed by atoms with Gasteiger partial charge in [-0.05, 0) is 46.5 Å². The van der Waals surface area contributed by atoms with Crippen LogP contribution < -0.4 is 0 Å². The fraction of sp³-hybridized carbons (Fsp3) is 0. The molecule has 13 rings (SSSR count). The molecule has 264 valence electrons. The Labute approximate surface area is 329 Å². The molecule has 0 aliphatic heterocycles. The van der Waals surface area contributed by atoms with Crippen molar-refractivity contribution in [2.75, 3.05) is 0 Å². The highest BCUT2D eigenvalue weighted by molar-refractivity contribution is 7.26. The Morgan fingerprint density at radius 3 is 1.61 bits per heavy atom. The molecular weight excluding hydrogens is 715 g/mol. The number of para-hydroxylation sites is 2. The van der Waals surface area contributed by atoms with Gasteiger partial charge in [-0.1, -0.05) is 146 Å². The summed E-state index contributed by atoms with van der Waals surface area (Å²) >= 11 is 1.88. The average Bonchev–Trinajstić information content (AvgIpc) is 3.95. The third kappa shape index (κ3) is 4.25. The average molecular weight is 744 g/mol. The van der Waals surface area contributed by atoms with Crippen LogP contribution in [-0.2, 0) is 0 Å². The first-order valence-electron chi connectivity index (χ1n) is 19.2. The van der Waals surface area contributed by atoms with Gasteiger partial charge in [0.2, 0.25) is 5.95 Å². The van der Waals surface area contributed by atoms with Crippen molar-refractivity contribution < 1.29 is 0 Å². The summed E-state index contributed by atoms with van der Waals surface area (Å²) in [6.45, 7) is 0. The third-order valence-electron chi connectivity index (χ3n) is 11.7. The van der Waals surface area contributed by atoms with Crippen molar-refractivity contribution in [2.24, 2.45) is 0 Å². The largest absolute Gasteiger partial charge is 0.308 e. The minimum Gasteiger partial charge on any atom is -0.308 e. The first kappa shape index (κ1) is 30.9. The normalized spacial score (nSPS) is 12.2. The van der Waals surface area contributed by atoms with Gasteiger partial charge < -0.3 is 4.40 Å². The molecule has 0 amide bonds. The number of hydrogen-bond acceptors (Lipinski definition) is 4. The van der Waals surface area contributed by atoms with Gasteiger partial charge in [0, 0.05) is 58.2 Å². The van der Waals surface area contributed by atoms with E-state index in [0.29, 0.717) is 17.6 Å². The number of fused-ring (bicyclic) bond motifs is 12. The number of hydrogen-bond donors (Lipinski definition) is 0. The Balaban J connectivity index is 1.29. The molecule has 0 unspecified atom stereocenters. The van der Waals surface area contributed by atoms with E-state index in [1.807, 2.05) is 47.7 Å². The fourth-order valence-corrected chi connectivity index (χ4v) is 10.5.